The maximum absolute atomic E-state index is 5.02. The number of nitrogens with one attached hydrogen (secondary N) is 1. The van der Waals surface area contributed by atoms with Gasteiger partial charge in [0.05, 0.1) is 6.61 Å². The second-order valence-electron chi connectivity index (χ2n) is 3.16. The molecule has 0 aliphatic carbocycles. The highest BCUT2D eigenvalue weighted by molar-refractivity contribution is 5.35. The van der Waals surface area contributed by atoms with E-state index in [-0.39, 0.29) is 0 Å². The molecule has 0 spiro atoms. The van der Waals surface area contributed by atoms with E-state index in [2.05, 4.69) is 17.2 Å². The molecule has 0 radical (unpaired) electrons. The molecule has 3 heteroatoms. The van der Waals surface area contributed by atoms with Crippen molar-refractivity contribution in [1.29, 1.82) is 0 Å². The van der Waals surface area contributed by atoms with E-state index in [9.17, 15) is 0 Å². The van der Waals surface area contributed by atoms with Gasteiger partial charge in [0.15, 0.2) is 0 Å². The first kappa shape index (κ1) is 9.99. The Hall–Kier alpha value is -1.09. The number of anilines is 1. The Morgan fingerprint density at radius 3 is 2.92 bits per heavy atom. The summed E-state index contributed by atoms with van der Waals surface area (Å²) in [6.07, 6.45) is 0. The lowest BCUT2D eigenvalue weighted by Crippen LogP contribution is -2.21. The fourth-order valence-electron chi connectivity index (χ4n) is 1.17. The van der Waals surface area contributed by atoms with Crippen molar-refractivity contribution >= 4 is 5.82 Å². The summed E-state index contributed by atoms with van der Waals surface area (Å²) in [5, 5.41) is 3.25. The van der Waals surface area contributed by atoms with Crippen LogP contribution in [0.4, 0.5) is 5.82 Å². The molecule has 1 rings (SSSR count). The van der Waals surface area contributed by atoms with E-state index in [1.165, 1.54) is 0 Å². The third-order valence-electron chi connectivity index (χ3n) is 1.70. The fourth-order valence-corrected chi connectivity index (χ4v) is 1.17. The molecule has 0 aromatic carbocycles. The molecule has 1 aromatic rings. The van der Waals surface area contributed by atoms with E-state index in [4.69, 9.17) is 4.74 Å². The molecule has 1 atom stereocenters. The van der Waals surface area contributed by atoms with E-state index >= 15 is 0 Å². The SMILES string of the molecule is COCC(C)Nc1cccc(C)n1. The Balaban J connectivity index is 2.53. The number of ether oxygens (including phenoxy) is 1. The summed E-state index contributed by atoms with van der Waals surface area (Å²) in [7, 11) is 1.70. The van der Waals surface area contributed by atoms with Crippen LogP contribution in [0.1, 0.15) is 12.6 Å². The second-order valence-corrected chi connectivity index (χ2v) is 3.16. The fraction of sp³-hybridized carbons (Fsp3) is 0.500. The normalized spacial score (nSPS) is 12.5. The van der Waals surface area contributed by atoms with Gasteiger partial charge in [0, 0.05) is 18.8 Å². The highest BCUT2D eigenvalue weighted by Crippen LogP contribution is 2.05. The van der Waals surface area contributed by atoms with Crippen LogP contribution in [0.25, 0.3) is 0 Å². The average Bonchev–Trinajstić information content (AvgIpc) is 2.04. The van der Waals surface area contributed by atoms with Gasteiger partial charge in [0.1, 0.15) is 5.82 Å². The summed E-state index contributed by atoms with van der Waals surface area (Å²) >= 11 is 0. The van der Waals surface area contributed by atoms with Gasteiger partial charge in [0.2, 0.25) is 0 Å². The van der Waals surface area contributed by atoms with Crippen molar-refractivity contribution in [1.82, 2.24) is 4.98 Å². The van der Waals surface area contributed by atoms with Gasteiger partial charge in [-0.1, -0.05) is 6.07 Å². The Morgan fingerprint density at radius 1 is 1.54 bits per heavy atom. The molecule has 13 heavy (non-hydrogen) atoms. The lowest BCUT2D eigenvalue weighted by Gasteiger charge is -2.13. The number of aryl methyl sites for hydroxylation is 1. The zero-order chi connectivity index (χ0) is 9.68. The minimum absolute atomic E-state index is 0.291. The quantitative estimate of drug-likeness (QED) is 0.767. The van der Waals surface area contributed by atoms with Gasteiger partial charge < -0.3 is 10.1 Å². The van der Waals surface area contributed by atoms with Crippen LogP contribution in [0.15, 0.2) is 18.2 Å². The van der Waals surface area contributed by atoms with Crippen molar-refractivity contribution < 1.29 is 4.74 Å². The van der Waals surface area contributed by atoms with Crippen LogP contribution < -0.4 is 5.32 Å². The van der Waals surface area contributed by atoms with Gasteiger partial charge in [0.25, 0.3) is 0 Å². The van der Waals surface area contributed by atoms with Crippen LogP contribution in [0.2, 0.25) is 0 Å². The molecule has 0 amide bonds. The van der Waals surface area contributed by atoms with Gasteiger partial charge in [-0.25, -0.2) is 4.98 Å². The predicted molar refractivity (Wildman–Crippen MR) is 53.9 cm³/mol. The topological polar surface area (TPSA) is 34.1 Å². The second kappa shape index (κ2) is 4.82. The molecular weight excluding hydrogens is 164 g/mol. The molecule has 1 heterocycles. The summed E-state index contributed by atoms with van der Waals surface area (Å²) in [5.74, 6) is 0.907. The molecule has 0 aliphatic rings. The standard InChI is InChI=1S/C10H16N2O/c1-8-5-4-6-10(11-8)12-9(2)7-13-3/h4-6,9H,7H2,1-3H3,(H,11,12). The monoisotopic (exact) mass is 180 g/mol. The predicted octanol–water partition coefficient (Wildman–Crippen LogP) is 1.84. The molecule has 0 saturated heterocycles. The van der Waals surface area contributed by atoms with Crippen molar-refractivity contribution in [3.63, 3.8) is 0 Å². The van der Waals surface area contributed by atoms with Gasteiger partial charge in [-0.15, -0.1) is 0 Å². The maximum Gasteiger partial charge on any atom is 0.126 e. The highest BCUT2D eigenvalue weighted by atomic mass is 16.5. The zero-order valence-electron chi connectivity index (χ0n) is 8.37. The minimum atomic E-state index is 0.291. The molecule has 3 nitrogen and oxygen atoms in total. The van der Waals surface area contributed by atoms with Crippen LogP contribution in [0.5, 0.6) is 0 Å². The molecule has 72 valence electrons. The number of aromatic nitrogens is 1. The van der Waals surface area contributed by atoms with E-state index in [1.54, 1.807) is 7.11 Å². The third kappa shape index (κ3) is 3.42. The van der Waals surface area contributed by atoms with Crippen LogP contribution in [0, 0.1) is 6.92 Å². The van der Waals surface area contributed by atoms with Gasteiger partial charge in [-0.05, 0) is 26.0 Å². The summed E-state index contributed by atoms with van der Waals surface area (Å²) in [6, 6.07) is 6.22. The number of rotatable bonds is 4. The lowest BCUT2D eigenvalue weighted by molar-refractivity contribution is 0.190. The number of nitrogens with zero attached hydrogens (tertiary/aromatic N) is 1. The summed E-state index contributed by atoms with van der Waals surface area (Å²) in [4.78, 5) is 4.33. The molecule has 0 saturated carbocycles. The number of hydrogen-bond acceptors (Lipinski definition) is 3. The Kier molecular flexibility index (Phi) is 3.71. The van der Waals surface area contributed by atoms with Crippen LogP contribution in [-0.4, -0.2) is 24.7 Å². The molecule has 0 bridgehead atoms. The molecule has 1 N–H and O–H groups in total. The number of hydrogen-bond donors (Lipinski definition) is 1. The maximum atomic E-state index is 5.02. The van der Waals surface area contributed by atoms with E-state index in [0.29, 0.717) is 12.6 Å². The average molecular weight is 180 g/mol. The molecule has 0 fully saturated rings. The first-order valence-electron chi connectivity index (χ1n) is 4.41. The van der Waals surface area contributed by atoms with E-state index in [1.807, 2.05) is 25.1 Å². The Morgan fingerprint density at radius 2 is 2.31 bits per heavy atom. The number of methoxy groups -OCH3 is 1. The molecule has 1 unspecified atom stereocenters. The summed E-state index contributed by atoms with van der Waals surface area (Å²) in [5.41, 5.74) is 1.02. The summed E-state index contributed by atoms with van der Waals surface area (Å²) in [6.45, 7) is 4.73. The lowest BCUT2D eigenvalue weighted by atomic mass is 10.3. The Labute approximate surface area is 79.1 Å². The van der Waals surface area contributed by atoms with Crippen molar-refractivity contribution in [3.8, 4) is 0 Å². The highest BCUT2D eigenvalue weighted by Gasteiger charge is 2.01. The molecular formula is C10H16N2O. The van der Waals surface area contributed by atoms with Crippen molar-refractivity contribution in [2.75, 3.05) is 19.0 Å². The summed E-state index contributed by atoms with van der Waals surface area (Å²) < 4.78 is 5.02. The van der Waals surface area contributed by atoms with Crippen molar-refractivity contribution in [2.45, 2.75) is 19.9 Å². The van der Waals surface area contributed by atoms with E-state index < -0.39 is 0 Å². The van der Waals surface area contributed by atoms with Crippen LogP contribution in [0.3, 0.4) is 0 Å². The molecule has 1 aromatic heterocycles. The van der Waals surface area contributed by atoms with Crippen LogP contribution >= 0.6 is 0 Å². The van der Waals surface area contributed by atoms with Crippen molar-refractivity contribution in [3.05, 3.63) is 23.9 Å². The van der Waals surface area contributed by atoms with Crippen LogP contribution in [-0.2, 0) is 4.74 Å². The first-order valence-corrected chi connectivity index (χ1v) is 4.41. The van der Waals surface area contributed by atoms with Gasteiger partial charge in [-0.2, -0.15) is 0 Å². The smallest absolute Gasteiger partial charge is 0.126 e. The van der Waals surface area contributed by atoms with E-state index in [0.717, 1.165) is 11.5 Å². The number of pyridine rings is 1. The first-order chi connectivity index (χ1) is 6.22. The largest absolute Gasteiger partial charge is 0.383 e. The third-order valence-corrected chi connectivity index (χ3v) is 1.70. The zero-order valence-corrected chi connectivity index (χ0v) is 8.37. The minimum Gasteiger partial charge on any atom is -0.383 e. The van der Waals surface area contributed by atoms with Crippen molar-refractivity contribution in [2.24, 2.45) is 0 Å². The van der Waals surface area contributed by atoms with Gasteiger partial charge in [-0.3, -0.25) is 0 Å². The Bertz CT molecular complexity index is 263. The van der Waals surface area contributed by atoms with Gasteiger partial charge >= 0.3 is 0 Å². The molecule has 0 aliphatic heterocycles.